The van der Waals surface area contributed by atoms with Gasteiger partial charge in [-0.2, -0.15) is 0 Å². The van der Waals surface area contributed by atoms with E-state index in [0.29, 0.717) is 30.9 Å². The molecule has 1 aromatic carbocycles. The van der Waals surface area contributed by atoms with Crippen LogP contribution < -0.4 is 15.8 Å². The van der Waals surface area contributed by atoms with Gasteiger partial charge in [0.1, 0.15) is 12.4 Å². The molecule has 0 saturated carbocycles. The van der Waals surface area contributed by atoms with E-state index in [1.165, 1.54) is 0 Å². The summed E-state index contributed by atoms with van der Waals surface area (Å²) in [5, 5.41) is 2.85. The van der Waals surface area contributed by atoms with E-state index in [9.17, 15) is 4.79 Å². The van der Waals surface area contributed by atoms with E-state index in [1.807, 2.05) is 43.3 Å². The lowest BCUT2D eigenvalue weighted by atomic mass is 10.2. The number of aromatic nitrogens is 1. The number of carbonyl (C=O) groups excluding carboxylic acids is 1. The number of hydrogen-bond donors (Lipinski definition) is 2. The lowest BCUT2D eigenvalue weighted by Gasteiger charge is -2.09. The maximum absolute atomic E-state index is 11.8. The summed E-state index contributed by atoms with van der Waals surface area (Å²) in [6.45, 7) is 2.28. The fourth-order valence-electron chi connectivity index (χ4n) is 1.89. The molecule has 116 valence electrons. The molecule has 1 heterocycles. The zero-order chi connectivity index (χ0) is 15.8. The molecule has 0 fully saturated rings. The third kappa shape index (κ3) is 5.54. The van der Waals surface area contributed by atoms with Gasteiger partial charge in [0.15, 0.2) is 0 Å². The van der Waals surface area contributed by atoms with E-state index in [1.54, 1.807) is 12.3 Å². The maximum Gasteiger partial charge on any atom is 0.224 e. The number of carbonyl (C=O) groups is 1. The standard InChI is InChI=1S/C17H21N3O2/c1-13(18)8-9-17(21)20-14-6-4-7-16(11-14)22-12-15-5-2-3-10-19-15/h2-7,10-11,13H,8-9,12,18H2,1H3,(H,20,21). The van der Waals surface area contributed by atoms with Crippen LogP contribution in [0.4, 0.5) is 5.69 Å². The molecular weight excluding hydrogens is 278 g/mol. The van der Waals surface area contributed by atoms with Crippen LogP contribution in [-0.2, 0) is 11.4 Å². The largest absolute Gasteiger partial charge is 0.487 e. The van der Waals surface area contributed by atoms with Crippen molar-refractivity contribution in [2.45, 2.75) is 32.4 Å². The molecule has 5 heteroatoms. The average Bonchev–Trinajstić information content (AvgIpc) is 2.52. The van der Waals surface area contributed by atoms with Crippen molar-refractivity contribution < 1.29 is 9.53 Å². The Morgan fingerprint density at radius 3 is 2.91 bits per heavy atom. The molecule has 5 nitrogen and oxygen atoms in total. The van der Waals surface area contributed by atoms with Gasteiger partial charge in [-0.3, -0.25) is 9.78 Å². The number of hydrogen-bond acceptors (Lipinski definition) is 4. The number of nitrogens with two attached hydrogens (primary N) is 1. The third-order valence-electron chi connectivity index (χ3n) is 3.06. The highest BCUT2D eigenvalue weighted by Gasteiger charge is 2.05. The van der Waals surface area contributed by atoms with Gasteiger partial charge >= 0.3 is 0 Å². The summed E-state index contributed by atoms with van der Waals surface area (Å²) >= 11 is 0. The third-order valence-corrected chi connectivity index (χ3v) is 3.06. The molecule has 1 aromatic heterocycles. The van der Waals surface area contributed by atoms with E-state index >= 15 is 0 Å². The summed E-state index contributed by atoms with van der Waals surface area (Å²) in [4.78, 5) is 16.0. The first kappa shape index (κ1) is 16.0. The average molecular weight is 299 g/mol. The van der Waals surface area contributed by atoms with Crippen molar-refractivity contribution in [1.82, 2.24) is 4.98 Å². The van der Waals surface area contributed by atoms with Gasteiger partial charge < -0.3 is 15.8 Å². The molecule has 0 saturated heterocycles. The van der Waals surface area contributed by atoms with Gasteiger partial charge in [0, 0.05) is 30.4 Å². The molecular formula is C17H21N3O2. The highest BCUT2D eigenvalue weighted by Crippen LogP contribution is 2.18. The lowest BCUT2D eigenvalue weighted by Crippen LogP contribution is -2.19. The summed E-state index contributed by atoms with van der Waals surface area (Å²) in [5.74, 6) is 0.648. The molecule has 0 aliphatic carbocycles. The lowest BCUT2D eigenvalue weighted by molar-refractivity contribution is -0.116. The SMILES string of the molecule is CC(N)CCC(=O)Nc1cccc(OCc2ccccn2)c1. The van der Waals surface area contributed by atoms with E-state index in [2.05, 4.69) is 10.3 Å². The van der Waals surface area contributed by atoms with Gasteiger partial charge in [0.25, 0.3) is 0 Å². The second-order valence-electron chi connectivity index (χ2n) is 5.20. The summed E-state index contributed by atoms with van der Waals surface area (Å²) in [6, 6.07) is 13.0. The van der Waals surface area contributed by atoms with Crippen LogP contribution in [0.1, 0.15) is 25.5 Å². The zero-order valence-corrected chi connectivity index (χ0v) is 12.7. The van der Waals surface area contributed by atoms with Gasteiger partial charge in [-0.05, 0) is 37.6 Å². The molecule has 0 aliphatic rings. The van der Waals surface area contributed by atoms with Gasteiger partial charge in [0.05, 0.1) is 5.69 Å². The van der Waals surface area contributed by atoms with Crippen molar-refractivity contribution in [3.05, 3.63) is 54.4 Å². The first-order valence-electron chi connectivity index (χ1n) is 7.31. The second-order valence-corrected chi connectivity index (χ2v) is 5.20. The van der Waals surface area contributed by atoms with E-state index in [-0.39, 0.29) is 11.9 Å². The molecule has 1 unspecified atom stereocenters. The monoisotopic (exact) mass is 299 g/mol. The van der Waals surface area contributed by atoms with Crippen LogP contribution in [-0.4, -0.2) is 16.9 Å². The highest BCUT2D eigenvalue weighted by molar-refractivity contribution is 5.90. The molecule has 0 bridgehead atoms. The summed E-state index contributed by atoms with van der Waals surface area (Å²) in [5.41, 5.74) is 7.22. The van der Waals surface area contributed by atoms with Crippen LogP contribution in [0.5, 0.6) is 5.75 Å². The number of nitrogens with one attached hydrogen (secondary N) is 1. The molecule has 3 N–H and O–H groups in total. The van der Waals surface area contributed by atoms with Crippen molar-refractivity contribution in [1.29, 1.82) is 0 Å². The van der Waals surface area contributed by atoms with Crippen LogP contribution in [0.25, 0.3) is 0 Å². The van der Waals surface area contributed by atoms with E-state index in [4.69, 9.17) is 10.5 Å². The molecule has 22 heavy (non-hydrogen) atoms. The van der Waals surface area contributed by atoms with Crippen LogP contribution in [0.2, 0.25) is 0 Å². The van der Waals surface area contributed by atoms with Gasteiger partial charge in [0.2, 0.25) is 5.91 Å². The van der Waals surface area contributed by atoms with Gasteiger partial charge in [-0.15, -0.1) is 0 Å². The van der Waals surface area contributed by atoms with Crippen LogP contribution >= 0.6 is 0 Å². The fourth-order valence-corrected chi connectivity index (χ4v) is 1.89. The van der Waals surface area contributed by atoms with Crippen molar-refractivity contribution in [3.8, 4) is 5.75 Å². The molecule has 0 radical (unpaired) electrons. The molecule has 0 spiro atoms. The first-order chi connectivity index (χ1) is 10.6. The number of pyridine rings is 1. The molecule has 2 aromatic rings. The Kier molecular flexibility index (Phi) is 5.91. The number of amides is 1. The quantitative estimate of drug-likeness (QED) is 0.824. The van der Waals surface area contributed by atoms with E-state index < -0.39 is 0 Å². The topological polar surface area (TPSA) is 77.2 Å². The number of ether oxygens (including phenoxy) is 1. The van der Waals surface area contributed by atoms with Crippen LogP contribution in [0.3, 0.4) is 0 Å². The summed E-state index contributed by atoms with van der Waals surface area (Å²) in [7, 11) is 0. The van der Waals surface area contributed by atoms with Crippen LogP contribution in [0.15, 0.2) is 48.7 Å². The van der Waals surface area contributed by atoms with E-state index in [0.717, 1.165) is 5.69 Å². The number of nitrogens with zero attached hydrogens (tertiary/aromatic N) is 1. The number of benzene rings is 1. The van der Waals surface area contributed by atoms with Crippen LogP contribution in [0, 0.1) is 0 Å². The normalized spacial score (nSPS) is 11.7. The smallest absolute Gasteiger partial charge is 0.224 e. The maximum atomic E-state index is 11.8. The minimum atomic E-state index is -0.0424. The Hall–Kier alpha value is -2.40. The number of anilines is 1. The minimum absolute atomic E-state index is 0.0267. The Morgan fingerprint density at radius 2 is 2.18 bits per heavy atom. The minimum Gasteiger partial charge on any atom is -0.487 e. The first-order valence-corrected chi connectivity index (χ1v) is 7.31. The molecule has 1 amide bonds. The zero-order valence-electron chi connectivity index (χ0n) is 12.7. The van der Waals surface area contributed by atoms with Crippen molar-refractivity contribution in [2.75, 3.05) is 5.32 Å². The Morgan fingerprint density at radius 1 is 1.32 bits per heavy atom. The predicted molar refractivity (Wildman–Crippen MR) is 86.5 cm³/mol. The van der Waals surface area contributed by atoms with Gasteiger partial charge in [-0.25, -0.2) is 0 Å². The Balaban J connectivity index is 1.88. The molecule has 2 rings (SSSR count). The highest BCUT2D eigenvalue weighted by atomic mass is 16.5. The molecule has 1 atom stereocenters. The van der Waals surface area contributed by atoms with Crippen molar-refractivity contribution in [3.63, 3.8) is 0 Å². The predicted octanol–water partition coefficient (Wildman–Crippen LogP) is 2.73. The summed E-state index contributed by atoms with van der Waals surface area (Å²) < 4.78 is 5.68. The van der Waals surface area contributed by atoms with Crippen molar-refractivity contribution >= 4 is 11.6 Å². The molecule has 0 aliphatic heterocycles. The summed E-state index contributed by atoms with van der Waals surface area (Å²) in [6.07, 6.45) is 2.81. The number of rotatable bonds is 7. The fraction of sp³-hybridized carbons (Fsp3) is 0.294. The van der Waals surface area contributed by atoms with Gasteiger partial charge in [-0.1, -0.05) is 12.1 Å². The Labute approximate surface area is 130 Å². The Bertz CT molecular complexity index is 600. The second kappa shape index (κ2) is 8.14. The van der Waals surface area contributed by atoms with Crippen molar-refractivity contribution in [2.24, 2.45) is 5.73 Å².